The number of nitrogens with one attached hydrogen (secondary N) is 1. The van der Waals surface area contributed by atoms with Crippen molar-refractivity contribution in [2.24, 2.45) is 0 Å². The van der Waals surface area contributed by atoms with Crippen molar-refractivity contribution in [2.75, 3.05) is 13.3 Å². The molecule has 2 aliphatic heterocycles. The van der Waals surface area contributed by atoms with E-state index in [4.69, 9.17) is 4.74 Å². The number of allylic oxidation sites excluding steroid dienone is 1. The van der Waals surface area contributed by atoms with Gasteiger partial charge < -0.3 is 15.2 Å². The Bertz CT molecular complexity index is 678. The lowest BCUT2D eigenvalue weighted by Gasteiger charge is -2.26. The zero-order valence-corrected chi connectivity index (χ0v) is 10.9. The predicted molar refractivity (Wildman–Crippen MR) is 70.9 cm³/mol. The number of carboxylic acids is 1. The summed E-state index contributed by atoms with van der Waals surface area (Å²) in [5, 5.41) is 12.1. The highest BCUT2D eigenvalue weighted by molar-refractivity contribution is 6.00. The van der Waals surface area contributed by atoms with Gasteiger partial charge in [0.1, 0.15) is 13.3 Å². The molecule has 3 rings (SSSR count). The maximum atomic E-state index is 13.2. The van der Waals surface area contributed by atoms with E-state index < -0.39 is 24.5 Å². The fourth-order valence-electron chi connectivity index (χ4n) is 2.72. The number of carbonyl (C=O) groups excluding carboxylic acids is 1. The minimum atomic E-state index is -1.25. The van der Waals surface area contributed by atoms with Crippen LogP contribution in [0.5, 0.6) is 0 Å². The molecule has 0 spiro atoms. The first-order valence-corrected chi connectivity index (χ1v) is 6.38. The van der Waals surface area contributed by atoms with E-state index in [0.29, 0.717) is 11.3 Å². The number of cyclic esters (lactones) is 1. The van der Waals surface area contributed by atoms with Gasteiger partial charge in [-0.15, -0.1) is 0 Å². The first kappa shape index (κ1) is 13.4. The highest BCUT2D eigenvalue weighted by atomic mass is 19.1. The van der Waals surface area contributed by atoms with Crippen molar-refractivity contribution in [3.05, 3.63) is 58.4 Å². The van der Waals surface area contributed by atoms with Crippen molar-refractivity contribution < 1.29 is 23.8 Å². The van der Waals surface area contributed by atoms with Crippen LogP contribution >= 0.6 is 0 Å². The number of rotatable bonds is 3. The van der Waals surface area contributed by atoms with Crippen LogP contribution in [0.1, 0.15) is 11.5 Å². The highest BCUT2D eigenvalue weighted by Gasteiger charge is 2.42. The number of esters is 1. The molecular formula is C15H12FNO4. The summed E-state index contributed by atoms with van der Waals surface area (Å²) >= 11 is 0. The van der Waals surface area contributed by atoms with Crippen LogP contribution in [0.15, 0.2) is 52.9 Å². The maximum absolute atomic E-state index is 13.2. The number of ether oxygens (including phenoxy) is 1. The van der Waals surface area contributed by atoms with E-state index in [0.717, 1.165) is 0 Å². The molecule has 0 saturated heterocycles. The SMILES string of the molecule is O=C(O)C1=C(CF)NC2=C(C(=O)OC2)[C@@H]1c1ccccc1. The molecule has 2 N–H and O–H groups in total. The predicted octanol–water partition coefficient (Wildman–Crippen LogP) is 1.49. The smallest absolute Gasteiger partial charge is 0.337 e. The molecule has 0 bridgehead atoms. The lowest BCUT2D eigenvalue weighted by molar-refractivity contribution is -0.136. The number of carboxylic acid groups (broad SMARTS) is 1. The summed E-state index contributed by atoms with van der Waals surface area (Å²) < 4.78 is 18.2. The summed E-state index contributed by atoms with van der Waals surface area (Å²) in [6.07, 6.45) is 0. The Morgan fingerprint density at radius 1 is 1.38 bits per heavy atom. The van der Waals surface area contributed by atoms with Crippen LogP contribution < -0.4 is 5.32 Å². The normalized spacial score (nSPS) is 21.0. The van der Waals surface area contributed by atoms with E-state index in [-0.39, 0.29) is 23.5 Å². The quantitative estimate of drug-likeness (QED) is 0.825. The largest absolute Gasteiger partial charge is 0.478 e. The van der Waals surface area contributed by atoms with Crippen molar-refractivity contribution in [3.8, 4) is 0 Å². The molecular weight excluding hydrogens is 277 g/mol. The van der Waals surface area contributed by atoms with Crippen LogP contribution in [0.4, 0.5) is 4.39 Å². The molecule has 1 atom stereocenters. The van der Waals surface area contributed by atoms with Gasteiger partial charge in [-0.3, -0.25) is 0 Å². The second-order valence-corrected chi connectivity index (χ2v) is 4.77. The number of hydrogen-bond donors (Lipinski definition) is 2. The van der Waals surface area contributed by atoms with Crippen LogP contribution in [0.3, 0.4) is 0 Å². The van der Waals surface area contributed by atoms with Crippen LogP contribution in [0.2, 0.25) is 0 Å². The van der Waals surface area contributed by atoms with Gasteiger partial charge in [0.2, 0.25) is 0 Å². The molecule has 0 fully saturated rings. The monoisotopic (exact) mass is 289 g/mol. The Balaban J connectivity index is 2.20. The van der Waals surface area contributed by atoms with E-state index in [2.05, 4.69) is 5.32 Å². The average molecular weight is 289 g/mol. The second kappa shape index (κ2) is 5.05. The van der Waals surface area contributed by atoms with Crippen LogP contribution in [0.25, 0.3) is 0 Å². The summed E-state index contributed by atoms with van der Waals surface area (Å²) in [6.45, 7) is -0.941. The average Bonchev–Trinajstić information content (AvgIpc) is 2.87. The molecule has 0 saturated carbocycles. The fraction of sp³-hybridized carbons (Fsp3) is 0.200. The fourth-order valence-corrected chi connectivity index (χ4v) is 2.72. The van der Waals surface area contributed by atoms with Gasteiger partial charge in [0.05, 0.1) is 28.5 Å². The van der Waals surface area contributed by atoms with Gasteiger partial charge in [-0.2, -0.15) is 0 Å². The van der Waals surface area contributed by atoms with Gasteiger partial charge in [0.25, 0.3) is 0 Å². The molecule has 6 heteroatoms. The van der Waals surface area contributed by atoms with Crippen molar-refractivity contribution in [3.63, 3.8) is 0 Å². The molecule has 108 valence electrons. The third kappa shape index (κ3) is 2.08. The third-order valence-electron chi connectivity index (χ3n) is 3.59. The Morgan fingerprint density at radius 2 is 2.10 bits per heavy atom. The zero-order chi connectivity index (χ0) is 15.0. The van der Waals surface area contributed by atoms with Gasteiger partial charge >= 0.3 is 11.9 Å². The number of dihydropyridines is 1. The third-order valence-corrected chi connectivity index (χ3v) is 3.59. The zero-order valence-electron chi connectivity index (χ0n) is 10.9. The summed E-state index contributed by atoms with van der Waals surface area (Å²) in [7, 11) is 0. The van der Waals surface area contributed by atoms with E-state index in [1.807, 2.05) is 0 Å². The van der Waals surface area contributed by atoms with Gasteiger partial charge in [0.15, 0.2) is 0 Å². The number of aliphatic carboxylic acids is 1. The number of alkyl halides is 1. The molecule has 0 radical (unpaired) electrons. The lowest BCUT2D eigenvalue weighted by Crippen LogP contribution is -2.31. The Kier molecular flexibility index (Phi) is 3.21. The molecule has 1 aromatic rings. The van der Waals surface area contributed by atoms with Crippen LogP contribution in [-0.4, -0.2) is 30.3 Å². The highest BCUT2D eigenvalue weighted by Crippen LogP contribution is 2.40. The van der Waals surface area contributed by atoms with Gasteiger partial charge in [-0.1, -0.05) is 30.3 Å². The number of halogens is 1. The van der Waals surface area contributed by atoms with Crippen molar-refractivity contribution in [1.29, 1.82) is 0 Å². The van der Waals surface area contributed by atoms with Gasteiger partial charge in [-0.25, -0.2) is 14.0 Å². The van der Waals surface area contributed by atoms with Crippen LogP contribution in [-0.2, 0) is 14.3 Å². The minimum absolute atomic E-state index is 0.00784. The molecule has 0 amide bonds. The molecule has 2 heterocycles. The molecule has 0 unspecified atom stereocenters. The molecule has 0 aliphatic carbocycles. The summed E-state index contributed by atoms with van der Waals surface area (Å²) in [6, 6.07) is 8.70. The van der Waals surface area contributed by atoms with E-state index in [1.165, 1.54) is 0 Å². The molecule has 2 aliphatic rings. The Hall–Kier alpha value is -2.63. The second-order valence-electron chi connectivity index (χ2n) is 4.77. The summed E-state index contributed by atoms with van der Waals surface area (Å²) in [4.78, 5) is 23.5. The number of hydrogen-bond acceptors (Lipinski definition) is 4. The van der Waals surface area contributed by atoms with Gasteiger partial charge in [0, 0.05) is 0 Å². The number of carbonyl (C=O) groups is 2. The first-order valence-electron chi connectivity index (χ1n) is 6.38. The lowest BCUT2D eigenvalue weighted by atomic mass is 9.81. The first-order chi connectivity index (χ1) is 10.1. The van der Waals surface area contributed by atoms with E-state index in [1.54, 1.807) is 30.3 Å². The standard InChI is InChI=1S/C15H12FNO4/c16-6-9-12(14(18)19)11(8-4-2-1-3-5-8)13-10(17-9)7-21-15(13)20/h1-5,11,17H,6-7H2,(H,18,19)/t11-/m1/s1. The maximum Gasteiger partial charge on any atom is 0.337 e. The van der Waals surface area contributed by atoms with Crippen molar-refractivity contribution >= 4 is 11.9 Å². The molecule has 1 aromatic carbocycles. The Labute approximate surface area is 119 Å². The van der Waals surface area contributed by atoms with Crippen molar-refractivity contribution in [1.82, 2.24) is 5.32 Å². The summed E-state index contributed by atoms with van der Waals surface area (Å²) in [5.41, 5.74) is 1.12. The number of benzene rings is 1. The van der Waals surface area contributed by atoms with Gasteiger partial charge in [-0.05, 0) is 5.56 Å². The van der Waals surface area contributed by atoms with E-state index in [9.17, 15) is 19.1 Å². The molecule has 5 nitrogen and oxygen atoms in total. The Morgan fingerprint density at radius 3 is 2.71 bits per heavy atom. The topological polar surface area (TPSA) is 75.6 Å². The van der Waals surface area contributed by atoms with Crippen molar-refractivity contribution in [2.45, 2.75) is 5.92 Å². The molecule has 21 heavy (non-hydrogen) atoms. The van der Waals surface area contributed by atoms with Crippen LogP contribution in [0, 0.1) is 0 Å². The minimum Gasteiger partial charge on any atom is -0.478 e. The summed E-state index contributed by atoms with van der Waals surface area (Å²) in [5.74, 6) is -2.64. The van der Waals surface area contributed by atoms with E-state index >= 15 is 0 Å². The molecule has 0 aromatic heterocycles.